The summed E-state index contributed by atoms with van der Waals surface area (Å²) in [6.07, 6.45) is 13.5. The van der Waals surface area contributed by atoms with E-state index in [2.05, 4.69) is 18.7 Å². The summed E-state index contributed by atoms with van der Waals surface area (Å²) in [6, 6.07) is 15.3. The minimum absolute atomic E-state index is 0.0869. The highest BCUT2D eigenvalue weighted by Crippen LogP contribution is 2.42. The number of benzene rings is 3. The summed E-state index contributed by atoms with van der Waals surface area (Å²) < 4.78 is 49.7. The van der Waals surface area contributed by atoms with Crippen LogP contribution in [0.4, 0.5) is 13.2 Å². The Labute approximate surface area is 230 Å². The van der Waals surface area contributed by atoms with E-state index in [-0.39, 0.29) is 17.1 Å². The molecule has 204 valence electrons. The van der Waals surface area contributed by atoms with Crippen molar-refractivity contribution in [2.75, 3.05) is 6.61 Å². The van der Waals surface area contributed by atoms with Crippen molar-refractivity contribution in [3.05, 3.63) is 96.3 Å². The average molecular weight is 531 g/mol. The molecule has 0 amide bonds. The van der Waals surface area contributed by atoms with Crippen molar-refractivity contribution in [2.45, 2.75) is 58.3 Å². The van der Waals surface area contributed by atoms with Crippen molar-refractivity contribution in [3.8, 4) is 28.0 Å². The molecule has 2 aliphatic rings. The minimum atomic E-state index is -0.991. The normalized spacial score (nSPS) is 21.3. The van der Waals surface area contributed by atoms with Gasteiger partial charge in [0, 0.05) is 11.1 Å². The second-order valence-corrected chi connectivity index (χ2v) is 11.0. The van der Waals surface area contributed by atoms with Gasteiger partial charge in [-0.3, -0.25) is 0 Å². The van der Waals surface area contributed by atoms with Gasteiger partial charge in [0.1, 0.15) is 5.82 Å². The van der Waals surface area contributed by atoms with Gasteiger partial charge in [-0.1, -0.05) is 55.5 Å². The lowest BCUT2D eigenvalue weighted by atomic mass is 9.71. The van der Waals surface area contributed by atoms with E-state index in [1.165, 1.54) is 49.8 Å². The van der Waals surface area contributed by atoms with Crippen LogP contribution < -0.4 is 4.74 Å². The standard InChI is InChI=1S/C35H37F3O/c1-3-21-39-33-20-19-31(34(37)35(33)38)28-15-13-27(14-16-28)30-18-17-29(22-32(30)36)26-11-9-25(10-12-26)24-7-5-23(4-2)6-8-24/h4,11,13-20,22-25H,2-3,5-10,12,21H2,1H3. The van der Waals surface area contributed by atoms with Crippen LogP contribution in [0, 0.1) is 35.2 Å². The Kier molecular flexibility index (Phi) is 8.60. The summed E-state index contributed by atoms with van der Waals surface area (Å²) in [5.41, 5.74) is 4.04. The van der Waals surface area contributed by atoms with Gasteiger partial charge in [-0.25, -0.2) is 8.78 Å². The van der Waals surface area contributed by atoms with Crippen LogP contribution in [-0.4, -0.2) is 6.61 Å². The Morgan fingerprint density at radius 2 is 1.46 bits per heavy atom. The summed E-state index contributed by atoms with van der Waals surface area (Å²) in [7, 11) is 0. The van der Waals surface area contributed by atoms with Crippen LogP contribution in [0.1, 0.15) is 63.9 Å². The minimum Gasteiger partial charge on any atom is -0.490 e. The first-order valence-electron chi connectivity index (χ1n) is 14.3. The zero-order valence-electron chi connectivity index (χ0n) is 22.7. The molecular weight excluding hydrogens is 493 g/mol. The molecular formula is C35H37F3O. The monoisotopic (exact) mass is 530 g/mol. The maximum atomic E-state index is 15.3. The molecule has 0 bridgehead atoms. The summed E-state index contributed by atoms with van der Waals surface area (Å²) in [4.78, 5) is 0. The highest BCUT2D eigenvalue weighted by atomic mass is 19.2. The van der Waals surface area contributed by atoms with E-state index >= 15 is 4.39 Å². The first-order chi connectivity index (χ1) is 19.0. The molecule has 0 spiro atoms. The van der Waals surface area contributed by atoms with E-state index in [0.717, 1.165) is 30.2 Å². The molecule has 1 nitrogen and oxygen atoms in total. The van der Waals surface area contributed by atoms with Crippen molar-refractivity contribution in [3.63, 3.8) is 0 Å². The van der Waals surface area contributed by atoms with Crippen LogP contribution >= 0.6 is 0 Å². The fourth-order valence-corrected chi connectivity index (χ4v) is 6.25. The van der Waals surface area contributed by atoms with Crippen molar-refractivity contribution in [1.82, 2.24) is 0 Å². The van der Waals surface area contributed by atoms with E-state index < -0.39 is 11.6 Å². The third kappa shape index (κ3) is 6.00. The summed E-state index contributed by atoms with van der Waals surface area (Å²) >= 11 is 0. The zero-order valence-corrected chi connectivity index (χ0v) is 22.7. The van der Waals surface area contributed by atoms with Gasteiger partial charge in [0.05, 0.1) is 6.61 Å². The van der Waals surface area contributed by atoms with Gasteiger partial charge in [-0.2, -0.15) is 4.39 Å². The van der Waals surface area contributed by atoms with Crippen LogP contribution in [0.15, 0.2) is 73.3 Å². The summed E-state index contributed by atoms with van der Waals surface area (Å²) in [5, 5.41) is 0. The smallest absolute Gasteiger partial charge is 0.201 e. The van der Waals surface area contributed by atoms with E-state index in [0.29, 0.717) is 35.6 Å². The van der Waals surface area contributed by atoms with Gasteiger partial charge in [0.2, 0.25) is 5.82 Å². The fraction of sp³-hybridized carbons (Fsp3) is 0.371. The molecule has 1 fully saturated rings. The Morgan fingerprint density at radius 1 is 0.795 bits per heavy atom. The number of ether oxygens (including phenoxy) is 1. The lowest BCUT2D eigenvalue weighted by Gasteiger charge is -2.34. The summed E-state index contributed by atoms with van der Waals surface area (Å²) in [5.74, 6) is -0.0696. The van der Waals surface area contributed by atoms with E-state index in [1.54, 1.807) is 30.3 Å². The lowest BCUT2D eigenvalue weighted by molar-refractivity contribution is 0.212. The van der Waals surface area contributed by atoms with E-state index in [1.807, 2.05) is 19.1 Å². The molecule has 0 N–H and O–H groups in total. The second-order valence-electron chi connectivity index (χ2n) is 11.0. The molecule has 1 atom stereocenters. The highest BCUT2D eigenvalue weighted by Gasteiger charge is 2.28. The number of hydrogen-bond acceptors (Lipinski definition) is 1. The van der Waals surface area contributed by atoms with E-state index in [9.17, 15) is 8.78 Å². The number of halogens is 3. The van der Waals surface area contributed by atoms with Crippen LogP contribution in [0.2, 0.25) is 0 Å². The molecule has 5 rings (SSSR count). The van der Waals surface area contributed by atoms with Crippen LogP contribution in [0.25, 0.3) is 27.8 Å². The van der Waals surface area contributed by atoms with Crippen LogP contribution in [-0.2, 0) is 0 Å². The molecule has 3 aromatic rings. The van der Waals surface area contributed by atoms with Crippen LogP contribution in [0.3, 0.4) is 0 Å². The molecule has 0 heterocycles. The third-order valence-electron chi connectivity index (χ3n) is 8.62. The van der Waals surface area contributed by atoms with Gasteiger partial charge in [0.25, 0.3) is 0 Å². The topological polar surface area (TPSA) is 9.23 Å². The predicted molar refractivity (Wildman–Crippen MR) is 154 cm³/mol. The summed E-state index contributed by atoms with van der Waals surface area (Å²) in [6.45, 7) is 6.19. The van der Waals surface area contributed by atoms with Gasteiger partial charge in [-0.15, -0.1) is 6.58 Å². The maximum absolute atomic E-state index is 15.3. The Hall–Kier alpha value is -3.27. The van der Waals surface area contributed by atoms with E-state index in [4.69, 9.17) is 4.74 Å². The molecule has 0 saturated heterocycles. The van der Waals surface area contributed by atoms with Crippen molar-refractivity contribution in [1.29, 1.82) is 0 Å². The SMILES string of the molecule is C=CC1CCC(C2CC=C(c3ccc(-c4ccc(-c5ccc(OCCC)c(F)c5F)cc4)c(F)c3)CC2)CC1. The molecule has 4 heteroatoms. The quantitative estimate of drug-likeness (QED) is 0.263. The predicted octanol–water partition coefficient (Wildman–Crippen LogP) is 10.4. The molecule has 0 aromatic heterocycles. The Balaban J connectivity index is 1.27. The highest BCUT2D eigenvalue weighted by molar-refractivity contribution is 5.74. The first-order valence-corrected chi connectivity index (χ1v) is 14.3. The van der Waals surface area contributed by atoms with Crippen molar-refractivity contribution < 1.29 is 17.9 Å². The molecule has 0 radical (unpaired) electrons. The van der Waals surface area contributed by atoms with Crippen molar-refractivity contribution >= 4 is 5.57 Å². The number of rotatable bonds is 8. The largest absolute Gasteiger partial charge is 0.490 e. The molecule has 1 saturated carbocycles. The van der Waals surface area contributed by atoms with Gasteiger partial charge in [-0.05, 0) is 110 Å². The third-order valence-corrected chi connectivity index (χ3v) is 8.62. The van der Waals surface area contributed by atoms with Crippen LogP contribution in [0.5, 0.6) is 5.75 Å². The number of hydrogen-bond donors (Lipinski definition) is 0. The maximum Gasteiger partial charge on any atom is 0.201 e. The second kappa shape index (κ2) is 12.3. The Morgan fingerprint density at radius 3 is 2.08 bits per heavy atom. The molecule has 1 unspecified atom stereocenters. The van der Waals surface area contributed by atoms with Gasteiger partial charge >= 0.3 is 0 Å². The molecule has 39 heavy (non-hydrogen) atoms. The van der Waals surface area contributed by atoms with Crippen molar-refractivity contribution in [2.24, 2.45) is 17.8 Å². The Bertz CT molecular complexity index is 1330. The number of allylic oxidation sites excluding steroid dienone is 3. The fourth-order valence-electron chi connectivity index (χ4n) is 6.25. The molecule has 3 aromatic carbocycles. The lowest BCUT2D eigenvalue weighted by Crippen LogP contribution is -2.22. The zero-order chi connectivity index (χ0) is 27.4. The first kappa shape index (κ1) is 27.3. The van der Waals surface area contributed by atoms with Gasteiger partial charge < -0.3 is 4.74 Å². The molecule has 2 aliphatic carbocycles. The van der Waals surface area contributed by atoms with Gasteiger partial charge in [0.15, 0.2) is 11.6 Å². The molecule has 0 aliphatic heterocycles. The average Bonchev–Trinajstić information content (AvgIpc) is 2.98.